The molecule has 0 aliphatic heterocycles. The van der Waals surface area contributed by atoms with Gasteiger partial charge in [0.1, 0.15) is 0 Å². The third kappa shape index (κ3) is 4.54. The van der Waals surface area contributed by atoms with Crippen LogP contribution in [0.1, 0.15) is 39.3 Å². The number of rotatable bonds is 6. The minimum absolute atomic E-state index is 0.155. The molecule has 1 heterocycles. The first-order chi connectivity index (χ1) is 13.9. The van der Waals surface area contributed by atoms with E-state index in [0.717, 1.165) is 33.9 Å². The molecule has 29 heavy (non-hydrogen) atoms. The first-order valence-electron chi connectivity index (χ1n) is 9.50. The van der Waals surface area contributed by atoms with E-state index in [1.165, 1.54) is 7.11 Å². The molecule has 3 rings (SSSR count). The van der Waals surface area contributed by atoms with Gasteiger partial charge in [0, 0.05) is 23.4 Å². The van der Waals surface area contributed by atoms with Crippen molar-refractivity contribution < 1.29 is 14.3 Å². The van der Waals surface area contributed by atoms with E-state index < -0.39 is 0 Å². The summed E-state index contributed by atoms with van der Waals surface area (Å²) < 4.78 is 6.56. The number of carbonyl (C=O) groups excluding carboxylic acids is 2. The predicted octanol–water partition coefficient (Wildman–Crippen LogP) is 4.16. The van der Waals surface area contributed by atoms with Gasteiger partial charge in [-0.1, -0.05) is 18.2 Å². The van der Waals surface area contributed by atoms with Gasteiger partial charge in [0.15, 0.2) is 0 Å². The van der Waals surface area contributed by atoms with E-state index in [-0.39, 0.29) is 11.9 Å². The van der Waals surface area contributed by atoms with E-state index in [9.17, 15) is 9.59 Å². The van der Waals surface area contributed by atoms with E-state index in [1.54, 1.807) is 12.1 Å². The van der Waals surface area contributed by atoms with Gasteiger partial charge in [-0.05, 0) is 68.7 Å². The quantitative estimate of drug-likeness (QED) is 0.641. The van der Waals surface area contributed by atoms with E-state index in [1.807, 2.05) is 61.9 Å². The zero-order valence-electron chi connectivity index (χ0n) is 17.2. The number of anilines is 1. The van der Waals surface area contributed by atoms with Gasteiger partial charge in [-0.25, -0.2) is 4.68 Å². The minimum atomic E-state index is -0.236. The van der Waals surface area contributed by atoms with Crippen LogP contribution in [0, 0.1) is 20.8 Å². The molecule has 1 amide bonds. The van der Waals surface area contributed by atoms with Crippen molar-refractivity contribution in [2.24, 2.45) is 0 Å². The van der Waals surface area contributed by atoms with Crippen molar-refractivity contribution in [3.63, 3.8) is 0 Å². The number of carbonyl (C=O) groups is 2. The molecular formula is C23H25N3O3. The lowest BCUT2D eigenvalue weighted by atomic mass is 10.1. The van der Waals surface area contributed by atoms with E-state index in [2.05, 4.69) is 10.4 Å². The van der Waals surface area contributed by atoms with Crippen molar-refractivity contribution in [1.82, 2.24) is 9.78 Å². The fourth-order valence-corrected chi connectivity index (χ4v) is 3.28. The van der Waals surface area contributed by atoms with Gasteiger partial charge in [0.25, 0.3) is 5.91 Å². The maximum Gasteiger partial charge on any atom is 0.305 e. The normalized spacial score (nSPS) is 10.6. The maximum atomic E-state index is 12.5. The first kappa shape index (κ1) is 20.3. The zero-order valence-corrected chi connectivity index (χ0v) is 17.2. The summed E-state index contributed by atoms with van der Waals surface area (Å²) in [7, 11) is 1.39. The summed E-state index contributed by atoms with van der Waals surface area (Å²) in [5.41, 5.74) is 6.15. The second-order valence-electron chi connectivity index (χ2n) is 6.95. The molecule has 150 valence electrons. The van der Waals surface area contributed by atoms with Gasteiger partial charge in [0.05, 0.1) is 18.5 Å². The van der Waals surface area contributed by atoms with Crippen molar-refractivity contribution in [2.75, 3.05) is 12.4 Å². The summed E-state index contributed by atoms with van der Waals surface area (Å²) >= 11 is 0. The number of hydrogen-bond acceptors (Lipinski definition) is 4. The summed E-state index contributed by atoms with van der Waals surface area (Å²) in [5.74, 6) is -0.390. The lowest BCUT2D eigenvalue weighted by molar-refractivity contribution is -0.140. The smallest absolute Gasteiger partial charge is 0.305 e. The molecule has 1 N–H and O–H groups in total. The summed E-state index contributed by atoms with van der Waals surface area (Å²) in [4.78, 5) is 24.0. The highest BCUT2D eigenvalue weighted by atomic mass is 16.5. The Morgan fingerprint density at radius 1 is 1.03 bits per heavy atom. The fraction of sp³-hybridized carbons (Fsp3) is 0.261. The van der Waals surface area contributed by atoms with Crippen LogP contribution in [0.25, 0.3) is 5.69 Å². The average Bonchev–Trinajstić information content (AvgIpc) is 3.01. The Balaban J connectivity index is 1.77. The Morgan fingerprint density at radius 2 is 1.72 bits per heavy atom. The first-order valence-corrected chi connectivity index (χ1v) is 9.50. The van der Waals surface area contributed by atoms with E-state index >= 15 is 0 Å². The van der Waals surface area contributed by atoms with Crippen LogP contribution in [0.5, 0.6) is 0 Å². The highest BCUT2D eigenvalue weighted by molar-refractivity contribution is 6.04. The van der Waals surface area contributed by atoms with Crippen LogP contribution in [-0.4, -0.2) is 28.8 Å². The number of aromatic nitrogens is 2. The number of aryl methyl sites for hydroxylation is 2. The number of nitrogens with one attached hydrogen (secondary N) is 1. The van der Waals surface area contributed by atoms with E-state index in [4.69, 9.17) is 4.74 Å². The van der Waals surface area contributed by atoms with Gasteiger partial charge in [-0.15, -0.1) is 0 Å². The van der Waals surface area contributed by atoms with Crippen LogP contribution in [0.2, 0.25) is 0 Å². The van der Waals surface area contributed by atoms with Crippen molar-refractivity contribution >= 4 is 17.6 Å². The van der Waals surface area contributed by atoms with Gasteiger partial charge in [-0.3, -0.25) is 9.59 Å². The number of benzene rings is 2. The molecule has 6 nitrogen and oxygen atoms in total. The molecule has 0 saturated heterocycles. The number of esters is 1. The number of nitrogens with zero attached hydrogens (tertiary/aromatic N) is 2. The average molecular weight is 391 g/mol. The van der Waals surface area contributed by atoms with Crippen LogP contribution in [0.4, 0.5) is 5.69 Å². The monoisotopic (exact) mass is 391 g/mol. The molecule has 2 aromatic carbocycles. The SMILES string of the molecule is COC(=O)CCc1c(C)nn(-c2ccc(C(=O)Nc3ccccc3C)cc2)c1C. The summed E-state index contributed by atoms with van der Waals surface area (Å²) in [6.45, 7) is 5.87. The Kier molecular flexibility index (Phi) is 6.12. The Morgan fingerprint density at radius 3 is 2.38 bits per heavy atom. The standard InChI is InChI=1S/C23H25N3O3/c1-15-7-5-6-8-21(15)24-23(28)18-9-11-19(12-10-18)26-17(3)20(16(2)25-26)13-14-22(27)29-4/h5-12H,13-14H2,1-4H3,(H,24,28). The highest BCUT2D eigenvalue weighted by Gasteiger charge is 2.15. The molecule has 0 fully saturated rings. The third-order valence-corrected chi connectivity index (χ3v) is 5.02. The lowest BCUT2D eigenvalue weighted by Gasteiger charge is -2.09. The van der Waals surface area contributed by atoms with Gasteiger partial charge in [0.2, 0.25) is 0 Å². The van der Waals surface area contributed by atoms with Crippen molar-refractivity contribution in [3.05, 3.63) is 76.6 Å². The molecular weight excluding hydrogens is 366 g/mol. The number of para-hydroxylation sites is 1. The fourth-order valence-electron chi connectivity index (χ4n) is 3.28. The topological polar surface area (TPSA) is 73.2 Å². The number of methoxy groups -OCH3 is 1. The number of amides is 1. The molecule has 0 aliphatic rings. The van der Waals surface area contributed by atoms with Crippen LogP contribution < -0.4 is 5.32 Å². The number of hydrogen-bond donors (Lipinski definition) is 1. The second-order valence-corrected chi connectivity index (χ2v) is 6.95. The minimum Gasteiger partial charge on any atom is -0.469 e. The van der Waals surface area contributed by atoms with Crippen LogP contribution in [0.3, 0.4) is 0 Å². The van der Waals surface area contributed by atoms with Gasteiger partial charge < -0.3 is 10.1 Å². The molecule has 0 bridgehead atoms. The number of ether oxygens (including phenoxy) is 1. The molecule has 0 unspecified atom stereocenters. The van der Waals surface area contributed by atoms with Crippen molar-refractivity contribution in [3.8, 4) is 5.69 Å². The Labute approximate surface area is 170 Å². The van der Waals surface area contributed by atoms with Crippen molar-refractivity contribution in [2.45, 2.75) is 33.6 Å². The summed E-state index contributed by atoms with van der Waals surface area (Å²) in [6.07, 6.45) is 0.906. The zero-order chi connectivity index (χ0) is 21.0. The lowest BCUT2D eigenvalue weighted by Crippen LogP contribution is -2.13. The molecule has 0 atom stereocenters. The van der Waals surface area contributed by atoms with Crippen molar-refractivity contribution in [1.29, 1.82) is 0 Å². The van der Waals surface area contributed by atoms with Crippen LogP contribution in [0.15, 0.2) is 48.5 Å². The third-order valence-electron chi connectivity index (χ3n) is 5.02. The van der Waals surface area contributed by atoms with Gasteiger partial charge >= 0.3 is 5.97 Å². The molecule has 0 radical (unpaired) electrons. The summed E-state index contributed by atoms with van der Waals surface area (Å²) in [5, 5.41) is 7.54. The Bertz CT molecular complexity index is 1040. The summed E-state index contributed by atoms with van der Waals surface area (Å²) in [6, 6.07) is 15.0. The second kappa shape index (κ2) is 8.73. The molecule has 0 aliphatic carbocycles. The van der Waals surface area contributed by atoms with Crippen LogP contribution in [-0.2, 0) is 16.0 Å². The largest absolute Gasteiger partial charge is 0.469 e. The molecule has 0 spiro atoms. The molecule has 0 saturated carbocycles. The highest BCUT2D eigenvalue weighted by Crippen LogP contribution is 2.21. The Hall–Kier alpha value is -3.41. The molecule has 6 heteroatoms. The molecule has 3 aromatic rings. The van der Waals surface area contributed by atoms with Gasteiger partial charge in [-0.2, -0.15) is 5.10 Å². The maximum absolute atomic E-state index is 12.5. The predicted molar refractivity (Wildman–Crippen MR) is 113 cm³/mol. The van der Waals surface area contributed by atoms with Crippen LogP contribution >= 0.6 is 0 Å². The van der Waals surface area contributed by atoms with E-state index in [0.29, 0.717) is 18.4 Å². The molecule has 1 aromatic heterocycles.